The summed E-state index contributed by atoms with van der Waals surface area (Å²) in [5.74, 6) is -0.0351. The van der Waals surface area contributed by atoms with E-state index in [1.54, 1.807) is 35.7 Å². The zero-order chi connectivity index (χ0) is 24.1. The van der Waals surface area contributed by atoms with E-state index in [4.69, 9.17) is 52.1 Å². The minimum Gasteiger partial charge on any atom is -0.330 e. The van der Waals surface area contributed by atoms with Crippen molar-refractivity contribution in [3.8, 4) is 0 Å². The second kappa shape index (κ2) is 12.1. The van der Waals surface area contributed by atoms with Gasteiger partial charge in [-0.05, 0) is 72.6 Å². The molecule has 0 fully saturated rings. The van der Waals surface area contributed by atoms with Gasteiger partial charge in [-0.2, -0.15) is 0 Å². The lowest BCUT2D eigenvalue weighted by Gasteiger charge is -2.22. The molecule has 0 aliphatic heterocycles. The van der Waals surface area contributed by atoms with Crippen molar-refractivity contribution in [2.24, 2.45) is 5.73 Å². The van der Waals surface area contributed by atoms with E-state index in [1.807, 2.05) is 48.5 Å². The highest BCUT2D eigenvalue weighted by Gasteiger charge is 2.22. The fourth-order valence-corrected chi connectivity index (χ4v) is 6.93. The Hall–Kier alpha value is -1.30. The van der Waals surface area contributed by atoms with E-state index >= 15 is 0 Å². The van der Waals surface area contributed by atoms with Gasteiger partial charge in [0.05, 0.1) is 10.0 Å². The molecule has 0 spiro atoms. The van der Waals surface area contributed by atoms with Gasteiger partial charge in [-0.15, -0.1) is 0 Å². The van der Waals surface area contributed by atoms with Crippen LogP contribution >= 0.6 is 69.9 Å². The lowest BCUT2D eigenvalue weighted by molar-refractivity contribution is 0.676. The van der Waals surface area contributed by atoms with Crippen molar-refractivity contribution in [3.63, 3.8) is 0 Å². The third-order valence-corrected chi connectivity index (χ3v) is 8.86. The van der Waals surface area contributed by atoms with E-state index in [0.717, 1.165) is 30.7 Å². The van der Waals surface area contributed by atoms with Gasteiger partial charge in [0.25, 0.3) is 0 Å². The van der Waals surface area contributed by atoms with Crippen molar-refractivity contribution in [1.29, 1.82) is 0 Å². The summed E-state index contributed by atoms with van der Waals surface area (Å²) in [6.45, 7) is 0.415. The summed E-state index contributed by atoms with van der Waals surface area (Å²) in [5, 5.41) is 2.41. The Morgan fingerprint density at radius 2 is 1.15 bits per heavy atom. The standard InChI is InChI=1S/C27H21Cl4NS2/c28-19-12-17(26(24(30)14-19)33-21-7-3-1-4-8-21)11-18(16-32)23-13-20(29)15-25(31)27(23)34-22-9-5-2-6-10-22/h1-10,12-15,18H,11,16,32H2. The van der Waals surface area contributed by atoms with Crippen molar-refractivity contribution < 1.29 is 0 Å². The monoisotopic (exact) mass is 563 g/mol. The normalized spacial score (nSPS) is 12.0. The lowest BCUT2D eigenvalue weighted by atomic mass is 9.92. The quantitative estimate of drug-likeness (QED) is 0.230. The highest BCUT2D eigenvalue weighted by atomic mass is 35.5. The number of nitrogens with two attached hydrogens (primary N) is 1. The van der Waals surface area contributed by atoms with Crippen molar-refractivity contribution >= 4 is 69.9 Å². The average molecular weight is 565 g/mol. The van der Waals surface area contributed by atoms with Gasteiger partial charge in [0, 0.05) is 35.5 Å². The number of benzene rings is 4. The zero-order valence-corrected chi connectivity index (χ0v) is 22.6. The van der Waals surface area contributed by atoms with Crippen LogP contribution < -0.4 is 5.73 Å². The minimum absolute atomic E-state index is 0.0351. The van der Waals surface area contributed by atoms with Gasteiger partial charge in [0.1, 0.15) is 0 Å². The molecule has 0 aromatic heterocycles. The van der Waals surface area contributed by atoms with E-state index in [-0.39, 0.29) is 5.92 Å². The lowest BCUT2D eigenvalue weighted by Crippen LogP contribution is -2.16. The van der Waals surface area contributed by atoms with Crippen LogP contribution in [0.15, 0.2) is 105 Å². The summed E-state index contributed by atoms with van der Waals surface area (Å²) in [7, 11) is 0. The Kier molecular flexibility index (Phi) is 9.17. The van der Waals surface area contributed by atoms with Crippen LogP contribution in [0.4, 0.5) is 0 Å². The van der Waals surface area contributed by atoms with Crippen LogP contribution in [0.2, 0.25) is 20.1 Å². The summed E-state index contributed by atoms with van der Waals surface area (Å²) in [6, 6.07) is 27.7. The van der Waals surface area contributed by atoms with Gasteiger partial charge >= 0.3 is 0 Å². The molecule has 7 heteroatoms. The van der Waals surface area contributed by atoms with Crippen molar-refractivity contribution in [1.82, 2.24) is 0 Å². The fourth-order valence-electron chi connectivity index (χ4n) is 3.67. The fraction of sp³-hybridized carbons (Fsp3) is 0.111. The maximum atomic E-state index is 6.69. The maximum absolute atomic E-state index is 6.69. The molecule has 4 rings (SSSR count). The van der Waals surface area contributed by atoms with Crippen LogP contribution in [0, 0.1) is 0 Å². The molecule has 0 saturated carbocycles. The zero-order valence-electron chi connectivity index (χ0n) is 18.0. The van der Waals surface area contributed by atoms with Crippen LogP contribution in [0.5, 0.6) is 0 Å². The highest BCUT2D eigenvalue weighted by Crippen LogP contribution is 2.44. The predicted octanol–water partition coefficient (Wildman–Crippen LogP) is 9.89. The van der Waals surface area contributed by atoms with Crippen LogP contribution in [0.25, 0.3) is 0 Å². The molecule has 0 bridgehead atoms. The Labute approximate surface area is 228 Å². The van der Waals surface area contributed by atoms with Gasteiger partial charge in [0.2, 0.25) is 0 Å². The third kappa shape index (κ3) is 6.47. The Morgan fingerprint density at radius 3 is 1.71 bits per heavy atom. The van der Waals surface area contributed by atoms with Gasteiger partial charge in [-0.3, -0.25) is 0 Å². The van der Waals surface area contributed by atoms with E-state index < -0.39 is 0 Å². The van der Waals surface area contributed by atoms with Gasteiger partial charge in [-0.25, -0.2) is 0 Å². The van der Waals surface area contributed by atoms with Crippen LogP contribution in [-0.4, -0.2) is 6.54 Å². The molecule has 4 aromatic rings. The molecular weight excluding hydrogens is 544 g/mol. The smallest absolute Gasteiger partial charge is 0.0563 e. The maximum Gasteiger partial charge on any atom is 0.0563 e. The van der Waals surface area contributed by atoms with Crippen LogP contribution in [-0.2, 0) is 6.42 Å². The summed E-state index contributed by atoms with van der Waals surface area (Å²) in [5.41, 5.74) is 8.38. The highest BCUT2D eigenvalue weighted by molar-refractivity contribution is 7.99. The molecule has 0 aliphatic rings. The first-order valence-corrected chi connectivity index (χ1v) is 13.7. The number of rotatable bonds is 8. The summed E-state index contributed by atoms with van der Waals surface area (Å²) in [6.07, 6.45) is 0.644. The molecule has 0 amide bonds. The molecule has 2 N–H and O–H groups in total. The minimum atomic E-state index is -0.0351. The number of halogens is 4. The molecule has 1 nitrogen and oxygen atoms in total. The van der Waals surface area contributed by atoms with E-state index in [1.165, 1.54) is 0 Å². The van der Waals surface area contributed by atoms with Crippen LogP contribution in [0.3, 0.4) is 0 Å². The summed E-state index contributed by atoms with van der Waals surface area (Å²) >= 11 is 29.4. The first kappa shape index (κ1) is 25.8. The Balaban J connectivity index is 1.73. The first-order chi connectivity index (χ1) is 16.4. The SMILES string of the molecule is NCC(Cc1cc(Cl)cc(Cl)c1Sc1ccccc1)c1cc(Cl)cc(Cl)c1Sc1ccccc1. The molecule has 0 heterocycles. The molecular formula is C27H21Cl4NS2. The first-order valence-electron chi connectivity index (χ1n) is 10.6. The van der Waals surface area contributed by atoms with Crippen molar-refractivity contribution in [2.45, 2.75) is 31.9 Å². The van der Waals surface area contributed by atoms with E-state index in [9.17, 15) is 0 Å². The van der Waals surface area contributed by atoms with Crippen LogP contribution in [0.1, 0.15) is 17.0 Å². The molecule has 34 heavy (non-hydrogen) atoms. The number of hydrogen-bond acceptors (Lipinski definition) is 3. The summed E-state index contributed by atoms with van der Waals surface area (Å²) in [4.78, 5) is 4.12. The third-order valence-electron chi connectivity index (χ3n) is 5.24. The second-order valence-corrected chi connectivity index (χ2v) is 11.5. The molecule has 1 atom stereocenters. The van der Waals surface area contributed by atoms with Crippen molar-refractivity contribution in [3.05, 3.63) is 116 Å². The molecule has 4 aromatic carbocycles. The van der Waals surface area contributed by atoms with Gasteiger partial charge in [0.15, 0.2) is 0 Å². The Bertz CT molecular complexity index is 1270. The topological polar surface area (TPSA) is 26.0 Å². The summed E-state index contributed by atoms with van der Waals surface area (Å²) < 4.78 is 0. The molecule has 174 valence electrons. The largest absolute Gasteiger partial charge is 0.330 e. The molecule has 0 saturated heterocycles. The van der Waals surface area contributed by atoms with Crippen molar-refractivity contribution in [2.75, 3.05) is 6.54 Å². The predicted molar refractivity (Wildman–Crippen MR) is 150 cm³/mol. The molecule has 0 radical (unpaired) electrons. The van der Waals surface area contributed by atoms with E-state index in [0.29, 0.717) is 33.1 Å². The van der Waals surface area contributed by atoms with Gasteiger partial charge < -0.3 is 5.73 Å². The molecule has 1 unspecified atom stereocenters. The van der Waals surface area contributed by atoms with Gasteiger partial charge in [-0.1, -0.05) is 106 Å². The van der Waals surface area contributed by atoms with E-state index in [2.05, 4.69) is 24.3 Å². The molecule has 0 aliphatic carbocycles. The Morgan fingerprint density at radius 1 is 0.647 bits per heavy atom. The average Bonchev–Trinajstić information content (AvgIpc) is 2.82. The number of hydrogen-bond donors (Lipinski definition) is 1. The second-order valence-electron chi connectivity index (χ2n) is 7.65.